The van der Waals surface area contributed by atoms with Crippen molar-refractivity contribution in [3.05, 3.63) is 0 Å². The molecule has 4 nitrogen and oxygen atoms in total. The Balaban J connectivity index is 1.76. The van der Waals surface area contributed by atoms with Crippen LogP contribution in [0.3, 0.4) is 0 Å². The second-order valence-electron chi connectivity index (χ2n) is 6.52. The Hall–Kier alpha value is -1.06. The quantitative estimate of drug-likeness (QED) is 0.650. The van der Waals surface area contributed by atoms with Crippen molar-refractivity contribution in [1.29, 1.82) is 0 Å². The number of carbonyl (C=O) groups is 2. The van der Waals surface area contributed by atoms with E-state index in [0.717, 1.165) is 12.8 Å². The standard InChI is InChI=1S/C13H18O4/c1-13(2,3)12(15)17-10-7-4-6-5-8(7)11(14)16-9(6)10/h6-10H,4-5H2,1-3H3. The Kier molecular flexibility index (Phi) is 2.11. The topological polar surface area (TPSA) is 52.6 Å². The molecule has 2 aliphatic carbocycles. The van der Waals surface area contributed by atoms with Crippen molar-refractivity contribution >= 4 is 11.9 Å². The van der Waals surface area contributed by atoms with Crippen LogP contribution in [0.4, 0.5) is 0 Å². The monoisotopic (exact) mass is 238 g/mol. The minimum Gasteiger partial charge on any atom is -0.458 e. The maximum absolute atomic E-state index is 11.9. The highest BCUT2D eigenvalue weighted by molar-refractivity contribution is 5.78. The Bertz CT molecular complexity index is 379. The molecule has 2 heterocycles. The zero-order chi connectivity index (χ0) is 12.4. The normalized spacial score (nSPS) is 42.8. The Morgan fingerprint density at radius 1 is 1.35 bits per heavy atom. The molecule has 4 heteroatoms. The lowest BCUT2D eigenvalue weighted by Crippen LogP contribution is -2.51. The molecule has 4 rings (SSSR count). The zero-order valence-electron chi connectivity index (χ0n) is 10.4. The SMILES string of the molecule is CC(C)(C)C(=O)OC1C2CC3CC2C(=O)OC31. The third kappa shape index (κ3) is 1.49. The smallest absolute Gasteiger partial charge is 0.311 e. The number of ether oxygens (including phenoxy) is 2. The Morgan fingerprint density at radius 2 is 2.06 bits per heavy atom. The van der Waals surface area contributed by atoms with Gasteiger partial charge >= 0.3 is 11.9 Å². The van der Waals surface area contributed by atoms with Crippen molar-refractivity contribution in [3.63, 3.8) is 0 Å². The van der Waals surface area contributed by atoms with Gasteiger partial charge in [-0.15, -0.1) is 0 Å². The summed E-state index contributed by atoms with van der Waals surface area (Å²) in [5.74, 6) is 0.314. The highest BCUT2D eigenvalue weighted by Crippen LogP contribution is 2.55. The second-order valence-corrected chi connectivity index (χ2v) is 6.52. The van der Waals surface area contributed by atoms with Gasteiger partial charge in [0, 0.05) is 11.8 Å². The van der Waals surface area contributed by atoms with Gasteiger partial charge < -0.3 is 9.47 Å². The predicted octanol–water partition coefficient (Wildman–Crippen LogP) is 1.53. The van der Waals surface area contributed by atoms with Gasteiger partial charge in [0.15, 0.2) is 0 Å². The fourth-order valence-corrected chi connectivity index (χ4v) is 3.36. The first-order valence-corrected chi connectivity index (χ1v) is 6.29. The van der Waals surface area contributed by atoms with E-state index in [-0.39, 0.29) is 36.0 Å². The average molecular weight is 238 g/mol. The van der Waals surface area contributed by atoms with Crippen LogP contribution < -0.4 is 0 Å². The zero-order valence-corrected chi connectivity index (χ0v) is 10.4. The molecule has 0 amide bonds. The molecule has 4 fully saturated rings. The molecule has 0 aromatic rings. The first-order valence-electron chi connectivity index (χ1n) is 6.29. The fourth-order valence-electron chi connectivity index (χ4n) is 3.36. The molecule has 0 aromatic carbocycles. The summed E-state index contributed by atoms with van der Waals surface area (Å²) in [6.45, 7) is 5.52. The van der Waals surface area contributed by atoms with E-state index in [9.17, 15) is 9.59 Å². The number of hydrogen-bond donors (Lipinski definition) is 0. The second kappa shape index (κ2) is 3.24. The van der Waals surface area contributed by atoms with E-state index < -0.39 is 5.41 Å². The molecule has 5 unspecified atom stereocenters. The van der Waals surface area contributed by atoms with Crippen molar-refractivity contribution in [3.8, 4) is 0 Å². The van der Waals surface area contributed by atoms with E-state index in [1.165, 1.54) is 0 Å². The van der Waals surface area contributed by atoms with Gasteiger partial charge in [-0.2, -0.15) is 0 Å². The minimum absolute atomic E-state index is 0.0252. The molecule has 0 radical (unpaired) electrons. The molecule has 5 atom stereocenters. The van der Waals surface area contributed by atoms with Gasteiger partial charge in [-0.3, -0.25) is 9.59 Å². The van der Waals surface area contributed by atoms with Gasteiger partial charge in [-0.1, -0.05) is 0 Å². The Morgan fingerprint density at radius 3 is 2.65 bits per heavy atom. The number of fused-ring (bicyclic) bond motifs is 1. The highest BCUT2D eigenvalue weighted by Gasteiger charge is 2.63. The molecule has 17 heavy (non-hydrogen) atoms. The van der Waals surface area contributed by atoms with Crippen LogP contribution in [0.15, 0.2) is 0 Å². The van der Waals surface area contributed by atoms with E-state index in [2.05, 4.69) is 0 Å². The molecular weight excluding hydrogens is 220 g/mol. The molecule has 0 N–H and O–H groups in total. The Labute approximate surface area is 101 Å². The molecule has 0 aromatic heterocycles. The van der Waals surface area contributed by atoms with E-state index in [1.807, 2.05) is 20.8 Å². The average Bonchev–Trinajstić information content (AvgIpc) is 2.73. The fraction of sp³-hybridized carbons (Fsp3) is 0.846. The summed E-state index contributed by atoms with van der Waals surface area (Å²) in [5, 5.41) is 0. The summed E-state index contributed by atoms with van der Waals surface area (Å²) in [4.78, 5) is 23.5. The first-order chi connectivity index (χ1) is 7.88. The lowest BCUT2D eigenvalue weighted by atomic mass is 9.82. The number of hydrogen-bond acceptors (Lipinski definition) is 4. The molecule has 4 aliphatic rings. The minimum atomic E-state index is -0.495. The molecule has 2 saturated heterocycles. The van der Waals surface area contributed by atoms with Crippen LogP contribution in [-0.4, -0.2) is 24.1 Å². The van der Waals surface area contributed by atoms with Gasteiger partial charge in [0.2, 0.25) is 0 Å². The van der Waals surface area contributed by atoms with Crippen molar-refractivity contribution in [2.24, 2.45) is 23.2 Å². The van der Waals surface area contributed by atoms with Crippen LogP contribution in [-0.2, 0) is 19.1 Å². The molecular formula is C13H18O4. The summed E-state index contributed by atoms with van der Waals surface area (Å²) in [6, 6.07) is 0. The summed E-state index contributed by atoms with van der Waals surface area (Å²) in [7, 11) is 0. The lowest BCUT2D eigenvalue weighted by molar-refractivity contribution is -0.200. The van der Waals surface area contributed by atoms with Crippen LogP contribution in [0.2, 0.25) is 0 Å². The third-order valence-corrected chi connectivity index (χ3v) is 4.27. The largest absolute Gasteiger partial charge is 0.458 e. The van der Waals surface area contributed by atoms with Crippen LogP contribution in [0.5, 0.6) is 0 Å². The maximum Gasteiger partial charge on any atom is 0.311 e. The first kappa shape index (κ1) is 11.1. The van der Waals surface area contributed by atoms with Gasteiger partial charge in [-0.05, 0) is 33.6 Å². The van der Waals surface area contributed by atoms with Gasteiger partial charge in [0.05, 0.1) is 11.3 Å². The number of rotatable bonds is 1. The molecule has 2 aliphatic heterocycles. The highest BCUT2D eigenvalue weighted by atomic mass is 16.6. The maximum atomic E-state index is 11.9. The van der Waals surface area contributed by atoms with E-state index in [1.54, 1.807) is 0 Å². The van der Waals surface area contributed by atoms with E-state index in [0.29, 0.717) is 5.92 Å². The summed E-state index contributed by atoms with van der Waals surface area (Å²) < 4.78 is 10.9. The summed E-state index contributed by atoms with van der Waals surface area (Å²) >= 11 is 0. The summed E-state index contributed by atoms with van der Waals surface area (Å²) in [5.41, 5.74) is -0.495. The molecule has 94 valence electrons. The van der Waals surface area contributed by atoms with E-state index in [4.69, 9.17) is 9.47 Å². The van der Waals surface area contributed by atoms with Gasteiger partial charge in [-0.25, -0.2) is 0 Å². The predicted molar refractivity (Wildman–Crippen MR) is 58.9 cm³/mol. The van der Waals surface area contributed by atoms with Gasteiger partial charge in [0.1, 0.15) is 12.2 Å². The molecule has 4 bridgehead atoms. The molecule has 2 saturated carbocycles. The third-order valence-electron chi connectivity index (χ3n) is 4.27. The van der Waals surface area contributed by atoms with Crippen molar-refractivity contribution in [2.75, 3.05) is 0 Å². The van der Waals surface area contributed by atoms with Crippen LogP contribution in [0.1, 0.15) is 33.6 Å². The van der Waals surface area contributed by atoms with Crippen molar-refractivity contribution in [1.82, 2.24) is 0 Å². The van der Waals surface area contributed by atoms with Crippen molar-refractivity contribution < 1.29 is 19.1 Å². The van der Waals surface area contributed by atoms with Gasteiger partial charge in [0.25, 0.3) is 0 Å². The molecule has 0 spiro atoms. The van der Waals surface area contributed by atoms with Crippen molar-refractivity contribution in [2.45, 2.75) is 45.8 Å². The van der Waals surface area contributed by atoms with Crippen LogP contribution in [0, 0.1) is 23.2 Å². The van der Waals surface area contributed by atoms with Crippen LogP contribution in [0.25, 0.3) is 0 Å². The van der Waals surface area contributed by atoms with Crippen LogP contribution >= 0.6 is 0 Å². The summed E-state index contributed by atoms with van der Waals surface area (Å²) in [6.07, 6.45) is 1.54. The number of carbonyl (C=O) groups excluding carboxylic acids is 2. The van der Waals surface area contributed by atoms with E-state index >= 15 is 0 Å². The lowest BCUT2D eigenvalue weighted by Gasteiger charge is -2.40. The number of esters is 2.